The van der Waals surface area contributed by atoms with E-state index < -0.39 is 9.84 Å². The second-order valence-corrected chi connectivity index (χ2v) is 13.5. The first-order chi connectivity index (χ1) is 16.4. The monoisotopic (exact) mass is 479 g/mol. The van der Waals surface area contributed by atoms with Crippen molar-refractivity contribution in [3.8, 4) is 0 Å². The summed E-state index contributed by atoms with van der Waals surface area (Å²) in [6.07, 6.45) is 4.83. The van der Waals surface area contributed by atoms with Crippen LogP contribution in [0.1, 0.15) is 55.4 Å². The summed E-state index contributed by atoms with van der Waals surface area (Å²) in [5, 5.41) is -0.0930. The fraction of sp³-hybridized carbons (Fsp3) is 0.586. The molecule has 0 bridgehead atoms. The average Bonchev–Trinajstić information content (AvgIpc) is 3.68. The number of hydrogen-bond donors (Lipinski definition) is 0. The van der Waals surface area contributed by atoms with Gasteiger partial charge in [-0.15, -0.1) is 0 Å². The van der Waals surface area contributed by atoms with Crippen molar-refractivity contribution in [3.05, 3.63) is 70.8 Å². The molecule has 0 radical (unpaired) electrons. The van der Waals surface area contributed by atoms with Gasteiger partial charge in [0.1, 0.15) is 0 Å². The number of nitrogens with zero attached hydrogens (tertiary/aromatic N) is 1. The summed E-state index contributed by atoms with van der Waals surface area (Å²) in [4.78, 5) is 2.65. The third kappa shape index (κ3) is 3.75. The van der Waals surface area contributed by atoms with Gasteiger partial charge in [0.15, 0.2) is 9.84 Å². The number of ether oxygens (including phenoxy) is 1. The Hall–Kier alpha value is -1.69. The minimum absolute atomic E-state index is 0.0930. The number of hydrogen-bond acceptors (Lipinski definition) is 4. The zero-order valence-corrected chi connectivity index (χ0v) is 21.3. The molecule has 5 heteroatoms. The first-order valence-electron chi connectivity index (χ1n) is 13.1. The van der Waals surface area contributed by atoms with Gasteiger partial charge < -0.3 is 4.74 Å². The average molecular weight is 480 g/mol. The van der Waals surface area contributed by atoms with E-state index in [4.69, 9.17) is 4.74 Å². The highest BCUT2D eigenvalue weighted by atomic mass is 32.2. The second-order valence-electron chi connectivity index (χ2n) is 11.2. The van der Waals surface area contributed by atoms with E-state index in [-0.39, 0.29) is 22.0 Å². The molecule has 3 atom stereocenters. The Morgan fingerprint density at radius 3 is 2.24 bits per heavy atom. The van der Waals surface area contributed by atoms with E-state index in [1.807, 2.05) is 6.07 Å². The SMILES string of the molecule is CCOC1(CN2C[C@@H]3[C@H](C2)C3(CC)c2cccc(CS(=O)(=O)C3CC3)c2)Cc2ccccc2C1. The lowest BCUT2D eigenvalue weighted by atomic mass is 9.86. The molecular weight excluding hydrogens is 442 g/mol. The Morgan fingerprint density at radius 2 is 1.65 bits per heavy atom. The smallest absolute Gasteiger partial charge is 0.157 e. The molecule has 0 spiro atoms. The van der Waals surface area contributed by atoms with Gasteiger partial charge in [-0.3, -0.25) is 4.90 Å². The van der Waals surface area contributed by atoms with Crippen LogP contribution in [0.2, 0.25) is 0 Å². The molecule has 3 fully saturated rings. The Balaban J connectivity index is 1.16. The molecule has 0 aromatic heterocycles. The van der Waals surface area contributed by atoms with Crippen LogP contribution in [0.25, 0.3) is 0 Å². The molecule has 1 heterocycles. The lowest BCUT2D eigenvalue weighted by Gasteiger charge is -2.36. The Bertz CT molecular complexity index is 1150. The van der Waals surface area contributed by atoms with Gasteiger partial charge in [0.25, 0.3) is 0 Å². The Morgan fingerprint density at radius 1 is 0.971 bits per heavy atom. The van der Waals surface area contributed by atoms with Crippen LogP contribution in [0, 0.1) is 11.8 Å². The van der Waals surface area contributed by atoms with Crippen molar-refractivity contribution in [2.45, 2.75) is 68.0 Å². The van der Waals surface area contributed by atoms with Crippen molar-refractivity contribution in [2.24, 2.45) is 11.8 Å². The van der Waals surface area contributed by atoms with Gasteiger partial charge in [0, 0.05) is 44.5 Å². The van der Waals surface area contributed by atoms with Crippen molar-refractivity contribution in [3.63, 3.8) is 0 Å². The van der Waals surface area contributed by atoms with E-state index in [1.54, 1.807) is 0 Å². The Kier molecular flexibility index (Phi) is 5.47. The maximum atomic E-state index is 12.6. The summed E-state index contributed by atoms with van der Waals surface area (Å²) in [5.41, 5.74) is 5.34. The van der Waals surface area contributed by atoms with E-state index in [2.05, 4.69) is 61.2 Å². The van der Waals surface area contributed by atoms with Crippen LogP contribution in [-0.4, -0.2) is 50.4 Å². The molecule has 34 heavy (non-hydrogen) atoms. The zero-order valence-electron chi connectivity index (χ0n) is 20.5. The number of fused-ring (bicyclic) bond motifs is 2. The van der Waals surface area contributed by atoms with Crippen molar-refractivity contribution in [1.82, 2.24) is 4.90 Å². The highest BCUT2D eigenvalue weighted by Gasteiger charge is 2.67. The van der Waals surface area contributed by atoms with E-state index >= 15 is 0 Å². The second kappa shape index (κ2) is 8.18. The summed E-state index contributed by atoms with van der Waals surface area (Å²) in [6, 6.07) is 17.3. The molecule has 4 nitrogen and oxygen atoms in total. The molecule has 4 aliphatic rings. The third-order valence-corrected chi connectivity index (χ3v) is 11.4. The number of likely N-dealkylation sites (tertiary alicyclic amines) is 1. The third-order valence-electron chi connectivity index (χ3n) is 9.17. The number of sulfone groups is 1. The standard InChI is InChI=1S/C29H37NO3S/c1-3-29(24-11-7-8-21(14-24)19-34(31,32)25-12-13-25)26-17-30(18-27(26)29)20-28(33-4-2)15-22-9-5-6-10-23(22)16-28/h5-11,14,25-27H,3-4,12-13,15-20H2,1-2H3/t26-,27+,29?. The lowest BCUT2D eigenvalue weighted by molar-refractivity contribution is -0.0528. The van der Waals surface area contributed by atoms with Gasteiger partial charge in [0.05, 0.1) is 16.6 Å². The van der Waals surface area contributed by atoms with Crippen LogP contribution in [0.15, 0.2) is 48.5 Å². The molecule has 182 valence electrons. The first-order valence-corrected chi connectivity index (χ1v) is 14.8. The highest BCUT2D eigenvalue weighted by Crippen LogP contribution is 2.65. The summed E-state index contributed by atoms with van der Waals surface area (Å²) in [6.45, 7) is 8.42. The van der Waals surface area contributed by atoms with Gasteiger partial charge in [0.2, 0.25) is 0 Å². The van der Waals surface area contributed by atoms with E-state index in [0.29, 0.717) is 11.8 Å². The molecular formula is C29H37NO3S. The minimum Gasteiger partial charge on any atom is -0.373 e. The van der Waals surface area contributed by atoms with Crippen LogP contribution in [0.4, 0.5) is 0 Å². The predicted molar refractivity (Wildman–Crippen MR) is 136 cm³/mol. The van der Waals surface area contributed by atoms with Crippen LogP contribution < -0.4 is 0 Å². The van der Waals surface area contributed by atoms with Crippen LogP contribution in [0.5, 0.6) is 0 Å². The molecule has 1 unspecified atom stereocenters. The molecule has 1 aliphatic heterocycles. The zero-order chi connectivity index (χ0) is 23.6. The normalized spacial score (nSPS) is 29.7. The van der Waals surface area contributed by atoms with E-state index in [0.717, 1.165) is 63.9 Å². The number of rotatable bonds is 9. The topological polar surface area (TPSA) is 46.6 Å². The van der Waals surface area contributed by atoms with Crippen molar-refractivity contribution in [1.29, 1.82) is 0 Å². The molecule has 1 saturated heterocycles. The first kappa shape index (κ1) is 22.8. The number of piperidine rings is 1. The quantitative estimate of drug-likeness (QED) is 0.530. The molecule has 6 rings (SSSR count). The fourth-order valence-electron chi connectivity index (χ4n) is 7.46. The molecule has 2 aromatic carbocycles. The summed E-state index contributed by atoms with van der Waals surface area (Å²) < 4.78 is 31.6. The van der Waals surface area contributed by atoms with Crippen LogP contribution >= 0.6 is 0 Å². The van der Waals surface area contributed by atoms with Gasteiger partial charge >= 0.3 is 0 Å². The van der Waals surface area contributed by atoms with Crippen LogP contribution in [0.3, 0.4) is 0 Å². The van der Waals surface area contributed by atoms with Crippen molar-refractivity contribution in [2.75, 3.05) is 26.2 Å². The molecule has 0 N–H and O–H groups in total. The minimum atomic E-state index is -2.99. The summed E-state index contributed by atoms with van der Waals surface area (Å²) in [7, 11) is -2.99. The maximum Gasteiger partial charge on any atom is 0.157 e. The molecule has 3 aliphatic carbocycles. The van der Waals surface area contributed by atoms with Crippen molar-refractivity contribution >= 4 is 9.84 Å². The van der Waals surface area contributed by atoms with Crippen molar-refractivity contribution < 1.29 is 13.2 Å². The molecule has 0 amide bonds. The Labute approximate surface area is 204 Å². The fourth-order valence-corrected chi connectivity index (χ4v) is 9.20. The van der Waals surface area contributed by atoms with E-state index in [1.165, 1.54) is 16.7 Å². The van der Waals surface area contributed by atoms with Gasteiger partial charge in [-0.05, 0) is 60.3 Å². The van der Waals surface area contributed by atoms with Gasteiger partial charge in [-0.1, -0.05) is 55.5 Å². The largest absolute Gasteiger partial charge is 0.373 e. The maximum absolute atomic E-state index is 12.6. The van der Waals surface area contributed by atoms with Gasteiger partial charge in [-0.2, -0.15) is 0 Å². The lowest BCUT2D eigenvalue weighted by Crippen LogP contribution is -2.47. The molecule has 2 aromatic rings. The predicted octanol–water partition coefficient (Wildman–Crippen LogP) is 4.55. The molecule has 2 saturated carbocycles. The summed E-state index contributed by atoms with van der Waals surface area (Å²) in [5.74, 6) is 1.52. The van der Waals surface area contributed by atoms with Crippen LogP contribution in [-0.2, 0) is 38.6 Å². The number of benzene rings is 2. The summed E-state index contributed by atoms with van der Waals surface area (Å²) >= 11 is 0. The van der Waals surface area contributed by atoms with E-state index in [9.17, 15) is 8.42 Å². The highest BCUT2D eigenvalue weighted by molar-refractivity contribution is 7.91. The van der Waals surface area contributed by atoms with Gasteiger partial charge in [-0.25, -0.2) is 8.42 Å².